The SMILES string of the molecule is COc1cc(N2CCN(CCCNC(=O)CC3C4CC5CC(C4)CC3C5)CC2)ccc1Nc1ncc(Cl)c(NCc2cccc([N+](=O)[O-])c2)n1. The van der Waals surface area contributed by atoms with Crippen LogP contribution in [0.4, 0.5) is 28.8 Å². The number of piperazine rings is 1. The molecule has 2 aromatic carbocycles. The van der Waals surface area contributed by atoms with Gasteiger partial charge in [0.05, 0.1) is 23.9 Å². The Labute approximate surface area is 298 Å². The summed E-state index contributed by atoms with van der Waals surface area (Å²) in [5.74, 6) is 5.80. The molecule has 5 fully saturated rings. The molecule has 4 bridgehead atoms. The first-order valence-electron chi connectivity index (χ1n) is 18.0. The highest BCUT2D eigenvalue weighted by atomic mass is 35.5. The number of methoxy groups -OCH3 is 1. The molecule has 5 aliphatic rings. The van der Waals surface area contributed by atoms with Gasteiger partial charge in [-0.3, -0.25) is 19.8 Å². The summed E-state index contributed by atoms with van der Waals surface area (Å²) in [7, 11) is 1.64. The molecule has 12 nitrogen and oxygen atoms in total. The molecule has 50 heavy (non-hydrogen) atoms. The van der Waals surface area contributed by atoms with Gasteiger partial charge in [0.1, 0.15) is 10.8 Å². The van der Waals surface area contributed by atoms with Crippen LogP contribution in [0.2, 0.25) is 5.02 Å². The number of nitrogens with zero attached hydrogens (tertiary/aromatic N) is 5. The minimum Gasteiger partial charge on any atom is -0.494 e. The Hall–Kier alpha value is -4.16. The van der Waals surface area contributed by atoms with Crippen LogP contribution in [0.25, 0.3) is 0 Å². The van der Waals surface area contributed by atoms with Gasteiger partial charge in [-0.2, -0.15) is 4.98 Å². The van der Waals surface area contributed by atoms with Crippen molar-refractivity contribution in [2.45, 2.75) is 51.5 Å². The predicted octanol–water partition coefficient (Wildman–Crippen LogP) is 6.49. The largest absolute Gasteiger partial charge is 0.494 e. The van der Waals surface area contributed by atoms with Crippen LogP contribution in [0.15, 0.2) is 48.7 Å². The molecular weight excluding hydrogens is 656 g/mol. The first kappa shape index (κ1) is 34.3. The van der Waals surface area contributed by atoms with E-state index in [1.165, 1.54) is 50.4 Å². The first-order chi connectivity index (χ1) is 24.3. The van der Waals surface area contributed by atoms with Crippen molar-refractivity contribution in [2.24, 2.45) is 29.6 Å². The fourth-order valence-corrected chi connectivity index (χ4v) is 9.19. The maximum absolute atomic E-state index is 12.8. The minimum atomic E-state index is -0.421. The molecule has 3 aromatic rings. The van der Waals surface area contributed by atoms with Crippen LogP contribution in [0.1, 0.15) is 50.5 Å². The summed E-state index contributed by atoms with van der Waals surface area (Å²) < 4.78 is 5.73. The van der Waals surface area contributed by atoms with E-state index in [4.69, 9.17) is 16.3 Å². The highest BCUT2D eigenvalue weighted by Crippen LogP contribution is 2.57. The van der Waals surface area contributed by atoms with Crippen molar-refractivity contribution >= 4 is 46.3 Å². The Morgan fingerprint density at radius 1 is 1.04 bits per heavy atom. The number of rotatable bonds is 14. The number of aromatic nitrogens is 2. The number of hydrogen-bond donors (Lipinski definition) is 3. The highest BCUT2D eigenvalue weighted by molar-refractivity contribution is 6.32. The third kappa shape index (κ3) is 8.07. The highest BCUT2D eigenvalue weighted by Gasteiger charge is 2.48. The number of non-ortho nitro benzene ring substituents is 1. The quantitative estimate of drug-likeness (QED) is 0.0971. The van der Waals surface area contributed by atoms with E-state index in [-0.39, 0.29) is 11.6 Å². The molecule has 0 radical (unpaired) electrons. The van der Waals surface area contributed by atoms with Crippen molar-refractivity contribution in [1.82, 2.24) is 20.2 Å². The van der Waals surface area contributed by atoms with E-state index in [9.17, 15) is 14.9 Å². The third-order valence-corrected chi connectivity index (χ3v) is 11.6. The van der Waals surface area contributed by atoms with E-state index < -0.39 is 4.92 Å². The van der Waals surface area contributed by atoms with E-state index in [2.05, 4.69) is 41.8 Å². The van der Waals surface area contributed by atoms with Gasteiger partial charge in [0.2, 0.25) is 11.9 Å². The number of halogens is 1. The maximum Gasteiger partial charge on any atom is 0.269 e. The molecule has 3 N–H and O–H groups in total. The zero-order valence-corrected chi connectivity index (χ0v) is 29.4. The number of nitro groups is 1. The Kier molecular flexibility index (Phi) is 10.6. The number of nitrogens with one attached hydrogen (secondary N) is 3. The van der Waals surface area contributed by atoms with Gasteiger partial charge in [-0.15, -0.1) is 0 Å². The van der Waals surface area contributed by atoms with Crippen molar-refractivity contribution in [3.05, 3.63) is 69.4 Å². The van der Waals surface area contributed by atoms with Gasteiger partial charge in [0.25, 0.3) is 5.69 Å². The summed E-state index contributed by atoms with van der Waals surface area (Å²) in [6.45, 7) is 5.81. The van der Waals surface area contributed by atoms with Crippen LogP contribution in [0.3, 0.4) is 0 Å². The van der Waals surface area contributed by atoms with Crippen LogP contribution in [0.5, 0.6) is 5.75 Å². The molecule has 13 heteroatoms. The van der Waals surface area contributed by atoms with Crippen molar-refractivity contribution < 1.29 is 14.5 Å². The maximum atomic E-state index is 12.8. The lowest BCUT2D eigenvalue weighted by Crippen LogP contribution is -2.47. The molecule has 0 unspecified atom stereocenters. The summed E-state index contributed by atoms with van der Waals surface area (Å²) in [4.78, 5) is 37.2. The predicted molar refractivity (Wildman–Crippen MR) is 195 cm³/mol. The number of carbonyl (C=O) groups excluding carboxylic acids is 1. The Bertz CT molecular complexity index is 1650. The first-order valence-corrected chi connectivity index (χ1v) is 18.4. The Morgan fingerprint density at radius 3 is 2.52 bits per heavy atom. The number of nitro benzene ring substituents is 1. The van der Waals surface area contributed by atoms with Gasteiger partial charge < -0.3 is 25.6 Å². The number of hydrogen-bond acceptors (Lipinski definition) is 10. The fourth-order valence-electron chi connectivity index (χ4n) is 9.04. The third-order valence-electron chi connectivity index (χ3n) is 11.3. The van der Waals surface area contributed by atoms with Crippen LogP contribution < -0.4 is 25.6 Å². The van der Waals surface area contributed by atoms with E-state index >= 15 is 0 Å². The van der Waals surface area contributed by atoms with Gasteiger partial charge in [-0.05, 0) is 92.4 Å². The average molecular weight is 703 g/mol. The molecule has 8 rings (SSSR count). The average Bonchev–Trinajstić information content (AvgIpc) is 3.12. The molecule has 1 aromatic heterocycles. The van der Waals surface area contributed by atoms with Crippen molar-refractivity contribution in [3.8, 4) is 5.75 Å². The molecule has 4 saturated carbocycles. The molecule has 1 saturated heterocycles. The number of benzene rings is 2. The number of ether oxygens (including phenoxy) is 1. The molecular formula is C37H47ClN8O4. The molecule has 1 amide bonds. The van der Waals surface area contributed by atoms with Crippen molar-refractivity contribution in [2.75, 3.05) is 61.9 Å². The Balaban J connectivity index is 0.854. The van der Waals surface area contributed by atoms with Gasteiger partial charge in [-0.25, -0.2) is 4.98 Å². The zero-order valence-electron chi connectivity index (χ0n) is 28.7. The van der Waals surface area contributed by atoms with Crippen molar-refractivity contribution in [3.63, 3.8) is 0 Å². The lowest BCUT2D eigenvalue weighted by Gasteiger charge is -2.54. The van der Waals surface area contributed by atoms with Gasteiger partial charge >= 0.3 is 0 Å². The summed E-state index contributed by atoms with van der Waals surface area (Å²) in [6.07, 6.45) is 10.2. The number of carbonyl (C=O) groups is 1. The minimum absolute atomic E-state index is 0.0247. The Morgan fingerprint density at radius 2 is 1.80 bits per heavy atom. The van der Waals surface area contributed by atoms with Gasteiger partial charge in [0, 0.05) is 69.6 Å². The van der Waals surface area contributed by atoms with Gasteiger partial charge in [0.15, 0.2) is 5.82 Å². The van der Waals surface area contributed by atoms with E-state index in [1.807, 2.05) is 12.1 Å². The van der Waals surface area contributed by atoms with Crippen LogP contribution in [-0.2, 0) is 11.3 Å². The smallest absolute Gasteiger partial charge is 0.269 e. The molecule has 266 valence electrons. The number of anilines is 4. The summed E-state index contributed by atoms with van der Waals surface area (Å²) >= 11 is 6.35. The standard InChI is InChI=1S/C37H47ClN8O4/c1-50-34-20-29(6-7-33(34)42-37-41-23-32(38)36(43-37)40-22-24-4-2-5-30(19-24)46(48)49)45-12-10-44(11-13-45)9-3-8-39-35(47)21-31-27-15-25-14-26(17-27)18-28(31)16-25/h2,4-7,19-20,23,25-28,31H,3,8-18,21-22H2,1H3,(H,39,47)(H2,40,41,42,43). The second-order valence-corrected chi connectivity index (χ2v) is 14.9. The van der Waals surface area contributed by atoms with Crippen molar-refractivity contribution in [1.29, 1.82) is 0 Å². The van der Waals surface area contributed by atoms with E-state index in [0.717, 1.165) is 87.0 Å². The molecule has 2 heterocycles. The van der Waals surface area contributed by atoms with E-state index in [0.29, 0.717) is 40.7 Å². The van der Waals surface area contributed by atoms with Crippen LogP contribution in [-0.4, -0.2) is 72.1 Å². The molecule has 1 aliphatic heterocycles. The lowest BCUT2D eigenvalue weighted by molar-refractivity contribution is -0.384. The molecule has 0 spiro atoms. The normalized spacial score (nSPS) is 24.2. The second kappa shape index (κ2) is 15.4. The number of amides is 1. The van der Waals surface area contributed by atoms with Crippen LogP contribution >= 0.6 is 11.6 Å². The summed E-state index contributed by atoms with van der Waals surface area (Å²) in [5.41, 5.74) is 2.55. The topological polar surface area (TPSA) is 138 Å². The fraction of sp³-hybridized carbons (Fsp3) is 0.541. The van der Waals surface area contributed by atoms with E-state index in [1.54, 1.807) is 19.2 Å². The summed E-state index contributed by atoms with van der Waals surface area (Å²) in [6, 6.07) is 12.5. The van der Waals surface area contributed by atoms with Crippen LogP contribution in [0, 0.1) is 39.7 Å². The van der Waals surface area contributed by atoms with Gasteiger partial charge in [-0.1, -0.05) is 23.7 Å². The second-order valence-electron chi connectivity index (χ2n) is 14.5. The molecule has 4 aliphatic carbocycles. The zero-order chi connectivity index (χ0) is 34.6. The lowest BCUT2D eigenvalue weighted by atomic mass is 9.51. The summed E-state index contributed by atoms with van der Waals surface area (Å²) in [5, 5.41) is 21.1. The monoisotopic (exact) mass is 702 g/mol. The molecule has 0 atom stereocenters.